The highest BCUT2D eigenvalue weighted by molar-refractivity contribution is 6.21. The molecule has 28 heteroatoms. The molecule has 6 rings (SSSR count). The molecule has 5 unspecified atom stereocenters. The number of hydrogen-bond acceptors (Lipinski definition) is 12. The molecule has 6 fully saturated rings. The Morgan fingerprint density at radius 1 is 0.616 bits per heavy atom. The zero-order chi connectivity index (χ0) is 73.7. The highest BCUT2D eigenvalue weighted by Crippen LogP contribution is 2.44. The Kier molecular flexibility index (Phi) is 29.7. The van der Waals surface area contributed by atoms with Gasteiger partial charge in [0.25, 0.3) is 0 Å². The number of likely N-dealkylation sites (N-methyl/N-ethyl adjacent to an activating group) is 7. The molecule has 3 aliphatic carbocycles. The van der Waals surface area contributed by atoms with Crippen molar-refractivity contribution >= 4 is 82.5 Å². The van der Waals surface area contributed by atoms with Crippen LogP contribution in [0, 0.1) is 41.4 Å². The van der Waals surface area contributed by atoms with E-state index in [0.717, 1.165) is 46.8 Å². The van der Waals surface area contributed by atoms with Crippen molar-refractivity contribution in [1.82, 2.24) is 60.0 Å². The van der Waals surface area contributed by atoms with Gasteiger partial charge in [0.15, 0.2) is 0 Å². The lowest BCUT2D eigenvalue weighted by Gasteiger charge is -2.42. The van der Waals surface area contributed by atoms with Crippen LogP contribution >= 0.6 is 11.6 Å². The largest absolute Gasteiger partial charge is 0.393 e. The number of hydrogen-bond donors (Lipinski definition) is 3. The highest BCUT2D eigenvalue weighted by atomic mass is 35.5. The van der Waals surface area contributed by atoms with Gasteiger partial charge in [-0.05, 0) is 125 Å². The van der Waals surface area contributed by atoms with E-state index in [1.54, 1.807) is 25.7 Å². The van der Waals surface area contributed by atoms with Crippen molar-refractivity contribution in [3.8, 4) is 0 Å². The summed E-state index contributed by atoms with van der Waals surface area (Å²) in [6, 6.07) is -8.66. The number of piperidine rings is 1. The van der Waals surface area contributed by atoms with Crippen LogP contribution in [0.2, 0.25) is 0 Å². The maximum absolute atomic E-state index is 15.4. The first-order valence-corrected chi connectivity index (χ1v) is 36.9. The fraction of sp³-hybridized carbons (Fsp3) is 0.831. The highest BCUT2D eigenvalue weighted by Gasteiger charge is 2.52. The van der Waals surface area contributed by atoms with E-state index >= 15 is 19.2 Å². The lowest BCUT2D eigenvalue weighted by molar-refractivity contribution is -0.182. The second-order valence-electron chi connectivity index (χ2n) is 30.6. The maximum atomic E-state index is 15.4. The average molecular weight is 1420 g/mol. The molecular formula is C71H116ClF3N12O12. The standard InChI is InChI=1S/C71H116ClF3N12O12/c1-15-45(6)60-67(97)81(10)41-58(90)79(8)42-59(91)83(12)54(38-48-25-18-17-24-46(48)7)65(95)80(9)40-56(88)76-51(30-28-47-27-29-49(50(72)37-47)71(73,74)75)64(94)87-35-23-26-52(87)63(93)78-70(31-19-20-32-70)69(99)85(14)61(44(4)5)68(98)84(13)55(66(96)86-33-21-16-22-34-86)39-57(89)82(11)53(36-43(2)3)62(92)77-60/h43-55,60-61H,15-42H2,1-14H3,(H,76,88)(H,77,92)(H,78,93)/t45-,46?,47?,48?,49?,50?,51-,52-,53-,54-,55-,60-,61-/m0/s1. The summed E-state index contributed by atoms with van der Waals surface area (Å²) in [5.74, 6) is -10.8. The van der Waals surface area contributed by atoms with Crippen LogP contribution in [-0.4, -0.2) is 263 Å². The van der Waals surface area contributed by atoms with E-state index in [0.29, 0.717) is 51.6 Å². The molecule has 3 saturated carbocycles. The second kappa shape index (κ2) is 36.0. The van der Waals surface area contributed by atoms with Gasteiger partial charge in [-0.2, -0.15) is 13.2 Å². The molecular weight excluding hydrogens is 1310 g/mol. The van der Waals surface area contributed by atoms with E-state index in [2.05, 4.69) is 22.9 Å². The molecule has 0 radical (unpaired) electrons. The summed E-state index contributed by atoms with van der Waals surface area (Å²) in [5, 5.41) is 7.55. The van der Waals surface area contributed by atoms with Crippen molar-refractivity contribution in [2.24, 2.45) is 41.4 Å². The number of rotatable bonds is 11. The minimum atomic E-state index is -4.51. The molecule has 560 valence electrons. The third-order valence-electron chi connectivity index (χ3n) is 22.5. The summed E-state index contributed by atoms with van der Waals surface area (Å²) in [7, 11) is 9.94. The summed E-state index contributed by atoms with van der Waals surface area (Å²) < 4.78 is 42.0. The first-order valence-electron chi connectivity index (χ1n) is 36.5. The summed E-state index contributed by atoms with van der Waals surface area (Å²) in [5.41, 5.74) is -1.56. The first kappa shape index (κ1) is 81.7. The molecule has 24 nitrogen and oxygen atoms in total. The van der Waals surface area contributed by atoms with Gasteiger partial charge < -0.3 is 60.0 Å². The van der Waals surface area contributed by atoms with Crippen LogP contribution in [-0.2, 0) is 57.5 Å². The lowest BCUT2D eigenvalue weighted by atomic mass is 9.77. The van der Waals surface area contributed by atoms with E-state index in [-0.39, 0.29) is 94.4 Å². The van der Waals surface area contributed by atoms with Crippen LogP contribution in [0.3, 0.4) is 0 Å². The van der Waals surface area contributed by atoms with E-state index < -0.39 is 174 Å². The van der Waals surface area contributed by atoms with Gasteiger partial charge in [0.1, 0.15) is 47.8 Å². The Hall–Kier alpha value is -6.28. The molecule has 0 bridgehead atoms. The Labute approximate surface area is 589 Å². The minimum absolute atomic E-state index is 0.0000154. The van der Waals surface area contributed by atoms with Crippen LogP contribution in [0.4, 0.5) is 13.2 Å². The van der Waals surface area contributed by atoms with Crippen LogP contribution < -0.4 is 16.0 Å². The predicted molar refractivity (Wildman–Crippen MR) is 367 cm³/mol. The topological polar surface area (TPSA) is 270 Å². The van der Waals surface area contributed by atoms with Gasteiger partial charge in [-0.1, -0.05) is 93.4 Å². The molecule has 3 aliphatic heterocycles. The predicted octanol–water partition coefficient (Wildman–Crippen LogP) is 5.81. The normalized spacial score (nSPS) is 30.5. The van der Waals surface area contributed by atoms with Crippen molar-refractivity contribution in [2.45, 2.75) is 249 Å². The number of carbonyl (C=O) groups is 12. The van der Waals surface area contributed by atoms with Crippen LogP contribution in [0.15, 0.2) is 0 Å². The molecule has 1 spiro atoms. The van der Waals surface area contributed by atoms with Crippen LogP contribution in [0.1, 0.15) is 190 Å². The van der Waals surface area contributed by atoms with E-state index in [1.165, 1.54) is 73.8 Å². The fourth-order valence-electron chi connectivity index (χ4n) is 15.9. The second-order valence-corrected chi connectivity index (χ2v) is 31.2. The van der Waals surface area contributed by atoms with E-state index in [4.69, 9.17) is 11.6 Å². The molecule has 0 aromatic rings. The zero-order valence-electron chi connectivity index (χ0n) is 61.4. The number of nitrogens with zero attached hydrogens (tertiary/aromatic N) is 9. The average Bonchev–Trinajstić information content (AvgIpc) is 1.71. The molecule has 0 aromatic carbocycles. The van der Waals surface area contributed by atoms with E-state index in [9.17, 15) is 51.5 Å². The third-order valence-corrected chi connectivity index (χ3v) is 23.0. The molecule has 0 aromatic heterocycles. The van der Waals surface area contributed by atoms with Gasteiger partial charge in [0.05, 0.1) is 32.0 Å². The summed E-state index contributed by atoms with van der Waals surface area (Å²) in [6.45, 7) is 12.1. The Balaban J connectivity index is 1.41. The van der Waals surface area contributed by atoms with Crippen LogP contribution in [0.5, 0.6) is 0 Å². The zero-order valence-corrected chi connectivity index (χ0v) is 62.2. The van der Waals surface area contributed by atoms with Gasteiger partial charge in [0, 0.05) is 74.3 Å². The Bertz CT molecular complexity index is 2880. The molecule has 6 aliphatic rings. The fourth-order valence-corrected chi connectivity index (χ4v) is 16.4. The Morgan fingerprint density at radius 3 is 1.83 bits per heavy atom. The van der Waals surface area contributed by atoms with Crippen LogP contribution in [0.25, 0.3) is 0 Å². The molecule has 3 N–H and O–H groups in total. The first-order chi connectivity index (χ1) is 46.4. The van der Waals surface area contributed by atoms with Crippen molar-refractivity contribution < 1.29 is 70.7 Å². The van der Waals surface area contributed by atoms with Crippen molar-refractivity contribution in [1.29, 1.82) is 0 Å². The van der Waals surface area contributed by atoms with Crippen molar-refractivity contribution in [3.05, 3.63) is 0 Å². The third kappa shape index (κ3) is 20.7. The smallest absolute Gasteiger partial charge is 0.343 e. The minimum Gasteiger partial charge on any atom is -0.343 e. The molecule has 99 heavy (non-hydrogen) atoms. The van der Waals surface area contributed by atoms with Crippen molar-refractivity contribution in [2.75, 3.05) is 88.6 Å². The number of fused-ring (bicyclic) bond motifs is 1. The molecule has 13 atom stereocenters. The maximum Gasteiger partial charge on any atom is 0.393 e. The van der Waals surface area contributed by atoms with E-state index in [1.807, 2.05) is 20.8 Å². The molecule has 12 amide bonds. The SMILES string of the molecule is CC[C@H](C)[C@@H]1NC(=O)[C@H](CC(C)C)N(C)C(=O)C[C@@H](C(=O)N2CCCCC2)N(C)C(=O)[C@H](C(C)C)N(C)C(=O)C2(CCCC2)NC(=O)[C@@H]2CCCN2C(=O)[C@H](CCC2CCC(C(F)(F)F)C(Cl)C2)NC(=O)CN(C)C(=O)[C@H](CC2CCCCC2C)N(C)C(=O)CN(C)C(=O)CN(C)C1=O. The summed E-state index contributed by atoms with van der Waals surface area (Å²) in [4.78, 5) is 190. The van der Waals surface area contributed by atoms with Crippen molar-refractivity contribution in [3.63, 3.8) is 0 Å². The number of nitrogens with one attached hydrogen (secondary N) is 3. The monoisotopic (exact) mass is 1420 g/mol. The molecule has 3 saturated heterocycles. The number of amides is 12. The Morgan fingerprint density at radius 2 is 1.23 bits per heavy atom. The molecule has 3 heterocycles. The number of carbonyl (C=O) groups excluding carboxylic acids is 12. The quantitative estimate of drug-likeness (QED) is 0.207. The summed E-state index contributed by atoms with van der Waals surface area (Å²) in [6.07, 6.45) is 3.40. The van der Waals surface area contributed by atoms with Gasteiger partial charge in [-0.3, -0.25) is 57.5 Å². The van der Waals surface area contributed by atoms with Gasteiger partial charge in [-0.25, -0.2) is 0 Å². The lowest BCUT2D eigenvalue weighted by Crippen LogP contribution is -2.65. The van der Waals surface area contributed by atoms with Gasteiger partial charge >= 0.3 is 6.18 Å². The number of alkyl halides is 4. The van der Waals surface area contributed by atoms with Gasteiger partial charge in [0.2, 0.25) is 70.9 Å². The summed E-state index contributed by atoms with van der Waals surface area (Å²) >= 11 is 6.40. The number of halogens is 4. The number of likely N-dealkylation sites (tertiary alicyclic amines) is 1. The van der Waals surface area contributed by atoms with Gasteiger partial charge in [-0.15, -0.1) is 11.6 Å².